The minimum atomic E-state index is -4.64. The van der Waals surface area contributed by atoms with Crippen LogP contribution in [0, 0.1) is 0 Å². The van der Waals surface area contributed by atoms with E-state index in [1.165, 1.54) is 0 Å². The summed E-state index contributed by atoms with van der Waals surface area (Å²) in [4.78, 5) is 21.6. The molecule has 0 aromatic rings. The minimum absolute atomic E-state index is 0. The van der Waals surface area contributed by atoms with E-state index >= 15 is 0 Å². The largest absolute Gasteiger partial charge is 0.466 e. The SMILES string of the molecule is O=P(O)(O)O.[Co].[Fe].[Li]. The van der Waals surface area contributed by atoms with Crippen LogP contribution >= 0.6 is 7.82 Å². The summed E-state index contributed by atoms with van der Waals surface area (Å²) in [5.74, 6) is 0. The first-order chi connectivity index (χ1) is 2.00. The van der Waals surface area contributed by atoms with Crippen molar-refractivity contribution < 1.29 is 53.1 Å². The monoisotopic (exact) mass is 220 g/mol. The van der Waals surface area contributed by atoms with Gasteiger partial charge in [0.2, 0.25) is 0 Å². The molecule has 0 aromatic carbocycles. The van der Waals surface area contributed by atoms with Gasteiger partial charge >= 0.3 is 7.82 Å². The molecule has 8 heavy (non-hydrogen) atoms. The fourth-order valence-corrected chi connectivity index (χ4v) is 0. The maximum Gasteiger partial charge on any atom is 0.466 e. The molecule has 0 spiro atoms. The normalized spacial score (nSPS) is 7.38. The van der Waals surface area contributed by atoms with E-state index in [1.54, 1.807) is 0 Å². The first-order valence-electron chi connectivity index (χ1n) is 0.783. The molecule has 2 radical (unpaired) electrons. The van der Waals surface area contributed by atoms with E-state index in [0.717, 1.165) is 0 Å². The summed E-state index contributed by atoms with van der Waals surface area (Å²) in [7, 11) is -4.64. The molecular formula is H3CoFeLiO4P. The van der Waals surface area contributed by atoms with Crippen LogP contribution in [0.1, 0.15) is 0 Å². The van der Waals surface area contributed by atoms with Crippen LogP contribution in [0.3, 0.4) is 0 Å². The molecule has 0 saturated carbocycles. The molecule has 0 aliphatic heterocycles. The molecule has 0 bridgehead atoms. The topological polar surface area (TPSA) is 77.8 Å². The molecule has 0 unspecified atom stereocenters. The Hall–Kier alpha value is 1.73. The number of hydrogen-bond acceptors (Lipinski definition) is 1. The zero-order chi connectivity index (χ0) is 4.50. The van der Waals surface area contributed by atoms with Crippen molar-refractivity contribution in [1.82, 2.24) is 0 Å². The summed E-state index contributed by atoms with van der Waals surface area (Å²) in [6, 6.07) is 0. The Morgan fingerprint density at radius 3 is 1.12 bits per heavy atom. The Kier molecular flexibility index (Phi) is 24.7. The summed E-state index contributed by atoms with van der Waals surface area (Å²) >= 11 is 0. The van der Waals surface area contributed by atoms with Crippen LogP contribution in [0.5, 0.6) is 0 Å². The van der Waals surface area contributed by atoms with Gasteiger partial charge in [0, 0.05) is 52.7 Å². The summed E-state index contributed by atoms with van der Waals surface area (Å²) in [6.45, 7) is 0. The maximum atomic E-state index is 8.88. The molecule has 0 heterocycles. The van der Waals surface area contributed by atoms with Crippen LogP contribution in [-0.4, -0.2) is 33.5 Å². The fraction of sp³-hybridized carbons (Fsp3) is 0. The van der Waals surface area contributed by atoms with Gasteiger partial charge in [-0.3, -0.25) is 0 Å². The van der Waals surface area contributed by atoms with Gasteiger partial charge in [0.05, 0.1) is 0 Å². The van der Waals surface area contributed by atoms with Gasteiger partial charge in [0.25, 0.3) is 0 Å². The number of rotatable bonds is 0. The molecule has 0 fully saturated rings. The molecule has 8 heteroatoms. The van der Waals surface area contributed by atoms with Crippen LogP contribution in [0.2, 0.25) is 0 Å². The third-order valence-electron chi connectivity index (χ3n) is 0. The van der Waals surface area contributed by atoms with Crippen LogP contribution < -0.4 is 0 Å². The smallest absolute Gasteiger partial charge is 0.303 e. The van der Waals surface area contributed by atoms with Crippen LogP contribution in [0.15, 0.2) is 0 Å². The third kappa shape index (κ3) is 117. The zero-order valence-corrected chi connectivity index (χ0v) is 6.92. The van der Waals surface area contributed by atoms with E-state index in [-0.39, 0.29) is 52.7 Å². The molecule has 3 N–H and O–H groups in total. The Morgan fingerprint density at radius 1 is 1.12 bits per heavy atom. The molecule has 0 saturated heterocycles. The molecule has 0 aliphatic carbocycles. The van der Waals surface area contributed by atoms with Gasteiger partial charge in [0.1, 0.15) is 0 Å². The van der Waals surface area contributed by atoms with E-state index in [2.05, 4.69) is 0 Å². The molecule has 0 aromatic heterocycles. The van der Waals surface area contributed by atoms with Crippen molar-refractivity contribution in [3.05, 3.63) is 0 Å². The van der Waals surface area contributed by atoms with Gasteiger partial charge in [-0.05, 0) is 0 Å². The molecule has 0 aliphatic rings. The first-order valence-corrected chi connectivity index (χ1v) is 2.35. The first kappa shape index (κ1) is 22.6. The molecule has 0 amide bonds. The third-order valence-corrected chi connectivity index (χ3v) is 0. The molecule has 0 rings (SSSR count). The molecular weight excluding hydrogens is 217 g/mol. The van der Waals surface area contributed by atoms with E-state index in [4.69, 9.17) is 19.2 Å². The van der Waals surface area contributed by atoms with Gasteiger partial charge in [-0.25, -0.2) is 4.57 Å². The second kappa shape index (κ2) is 8.73. The van der Waals surface area contributed by atoms with Gasteiger partial charge in [-0.15, -0.1) is 0 Å². The minimum Gasteiger partial charge on any atom is -0.303 e. The Labute approximate surface area is 79.5 Å². The molecule has 4 nitrogen and oxygen atoms in total. The zero-order valence-electron chi connectivity index (χ0n) is 3.88. The fourth-order valence-electron chi connectivity index (χ4n) is 0. The average molecular weight is 220 g/mol. The van der Waals surface area contributed by atoms with Gasteiger partial charge in [0.15, 0.2) is 0 Å². The van der Waals surface area contributed by atoms with Crippen molar-refractivity contribution >= 4 is 26.7 Å². The van der Waals surface area contributed by atoms with Crippen LogP contribution in [0.25, 0.3) is 0 Å². The Balaban J connectivity index is -0.0000000267. The summed E-state index contributed by atoms with van der Waals surface area (Å²) < 4.78 is 8.88. The second-order valence-electron chi connectivity index (χ2n) is 0.513. The maximum absolute atomic E-state index is 8.88. The predicted octanol–water partition coefficient (Wildman–Crippen LogP) is -1.31. The quantitative estimate of drug-likeness (QED) is 0.349. The summed E-state index contributed by atoms with van der Waals surface area (Å²) in [5, 5.41) is 0. The summed E-state index contributed by atoms with van der Waals surface area (Å²) in [5.41, 5.74) is 0. The molecule has 50 valence electrons. The number of hydrogen-bond donors (Lipinski definition) is 3. The van der Waals surface area contributed by atoms with Gasteiger partial charge in [-0.2, -0.15) is 0 Å². The number of phosphoric acid groups is 1. The van der Waals surface area contributed by atoms with E-state index in [0.29, 0.717) is 0 Å². The van der Waals surface area contributed by atoms with E-state index in [9.17, 15) is 0 Å². The summed E-state index contributed by atoms with van der Waals surface area (Å²) in [6.07, 6.45) is 0. The molecule has 0 atom stereocenters. The van der Waals surface area contributed by atoms with Crippen LogP contribution in [-0.2, 0) is 38.4 Å². The van der Waals surface area contributed by atoms with Gasteiger partial charge in [-0.1, -0.05) is 0 Å². The van der Waals surface area contributed by atoms with Crippen molar-refractivity contribution in [3.8, 4) is 0 Å². The van der Waals surface area contributed by atoms with Crippen molar-refractivity contribution in [2.75, 3.05) is 0 Å². The average Bonchev–Trinajstić information content (AvgIpc) is 0.722. The Morgan fingerprint density at radius 2 is 1.12 bits per heavy atom. The van der Waals surface area contributed by atoms with Crippen molar-refractivity contribution in [2.24, 2.45) is 0 Å². The van der Waals surface area contributed by atoms with Crippen molar-refractivity contribution in [3.63, 3.8) is 0 Å². The van der Waals surface area contributed by atoms with Gasteiger partial charge < -0.3 is 14.7 Å². The second-order valence-corrected chi connectivity index (χ2v) is 1.54. The predicted molar refractivity (Wildman–Crippen MR) is 20.0 cm³/mol. The van der Waals surface area contributed by atoms with E-state index in [1.807, 2.05) is 0 Å². The van der Waals surface area contributed by atoms with Crippen molar-refractivity contribution in [1.29, 1.82) is 0 Å². The van der Waals surface area contributed by atoms with Crippen LogP contribution in [0.4, 0.5) is 0 Å². The van der Waals surface area contributed by atoms with Crippen molar-refractivity contribution in [2.45, 2.75) is 0 Å². The standard InChI is InChI=1S/Co.Fe.Li.H3O4P/c;;;1-5(2,3)4/h;;;(H3,1,2,3,4). The van der Waals surface area contributed by atoms with E-state index < -0.39 is 7.82 Å². The Bertz CT molecular complexity index is 62.2.